The number of fused-ring (bicyclic) bond motifs is 1. The monoisotopic (exact) mass is 295 g/mol. The van der Waals surface area contributed by atoms with Gasteiger partial charge < -0.3 is 14.5 Å². The fraction of sp³-hybridized carbons (Fsp3) is 0.500. The maximum Gasteiger partial charge on any atom is 0.147 e. The Balaban J connectivity index is 2.11. The van der Waals surface area contributed by atoms with Gasteiger partial charge in [-0.1, -0.05) is 6.07 Å². The molecule has 2 aromatic rings. The average molecular weight is 296 g/mol. The molecule has 0 N–H and O–H groups in total. The normalized spacial score (nSPS) is 15.8. The fourth-order valence-electron chi connectivity index (χ4n) is 2.54. The molecule has 0 amide bonds. The minimum absolute atomic E-state index is 0.373. The summed E-state index contributed by atoms with van der Waals surface area (Å²) in [7, 11) is 0. The van der Waals surface area contributed by atoms with Crippen LogP contribution in [-0.4, -0.2) is 42.6 Å². The summed E-state index contributed by atoms with van der Waals surface area (Å²) < 4.78 is 13.2. The zero-order valence-corrected chi connectivity index (χ0v) is 12.3. The molecule has 1 aromatic carbocycles. The second kappa shape index (κ2) is 5.89. The van der Waals surface area contributed by atoms with E-state index in [2.05, 4.69) is 20.7 Å². The lowest BCUT2D eigenvalue weighted by Gasteiger charge is -2.31. The summed E-state index contributed by atoms with van der Waals surface area (Å²) in [5.41, 5.74) is 1.91. The van der Waals surface area contributed by atoms with E-state index in [4.69, 9.17) is 21.1 Å². The standard InChI is InChI=1S/C14H18ClN3O2/c1-2-20-12-5-3-4-11-14(12)16-13(10-15)18(11)17-6-8-19-9-7-17/h3-5H,2,6-10H2,1H3. The van der Waals surface area contributed by atoms with Crippen LogP contribution in [0.3, 0.4) is 0 Å². The molecule has 20 heavy (non-hydrogen) atoms. The molecule has 1 fully saturated rings. The van der Waals surface area contributed by atoms with Crippen LogP contribution in [0.15, 0.2) is 18.2 Å². The lowest BCUT2D eigenvalue weighted by Crippen LogP contribution is -2.44. The molecule has 2 heterocycles. The van der Waals surface area contributed by atoms with Crippen LogP contribution in [0, 0.1) is 0 Å². The van der Waals surface area contributed by atoms with Crippen molar-refractivity contribution in [2.45, 2.75) is 12.8 Å². The van der Waals surface area contributed by atoms with Crippen molar-refractivity contribution in [1.29, 1.82) is 0 Å². The molecule has 5 nitrogen and oxygen atoms in total. The van der Waals surface area contributed by atoms with Crippen LogP contribution in [0.4, 0.5) is 0 Å². The third-order valence-electron chi connectivity index (χ3n) is 3.38. The van der Waals surface area contributed by atoms with E-state index in [1.807, 2.05) is 19.1 Å². The number of halogens is 1. The molecule has 0 aliphatic carbocycles. The number of benzene rings is 1. The second-order valence-corrected chi connectivity index (χ2v) is 4.86. The van der Waals surface area contributed by atoms with E-state index in [1.54, 1.807) is 0 Å². The summed E-state index contributed by atoms with van der Waals surface area (Å²) in [6.45, 7) is 5.74. The number of morpholine rings is 1. The number of ether oxygens (including phenoxy) is 2. The Labute approximate surface area is 123 Å². The van der Waals surface area contributed by atoms with E-state index >= 15 is 0 Å². The minimum atomic E-state index is 0.373. The zero-order chi connectivity index (χ0) is 13.9. The molecule has 108 valence electrons. The molecule has 1 aromatic heterocycles. The van der Waals surface area contributed by atoms with Crippen LogP contribution >= 0.6 is 11.6 Å². The molecular weight excluding hydrogens is 278 g/mol. The maximum atomic E-state index is 6.07. The van der Waals surface area contributed by atoms with E-state index in [0.29, 0.717) is 12.5 Å². The number of imidazole rings is 1. The van der Waals surface area contributed by atoms with Crippen LogP contribution in [0.25, 0.3) is 11.0 Å². The molecule has 0 spiro atoms. The predicted octanol–water partition coefficient (Wildman–Crippen LogP) is 2.14. The Bertz CT molecular complexity index is 593. The Morgan fingerprint density at radius 2 is 2.15 bits per heavy atom. The highest BCUT2D eigenvalue weighted by atomic mass is 35.5. The molecule has 3 rings (SSSR count). The highest BCUT2D eigenvalue weighted by Crippen LogP contribution is 2.27. The van der Waals surface area contributed by atoms with Crippen molar-refractivity contribution in [1.82, 2.24) is 9.66 Å². The van der Waals surface area contributed by atoms with Crippen molar-refractivity contribution in [2.24, 2.45) is 0 Å². The van der Waals surface area contributed by atoms with Gasteiger partial charge in [0.2, 0.25) is 0 Å². The van der Waals surface area contributed by atoms with Gasteiger partial charge in [0.15, 0.2) is 0 Å². The number of alkyl halides is 1. The molecule has 0 unspecified atom stereocenters. The van der Waals surface area contributed by atoms with Gasteiger partial charge in [-0.25, -0.2) is 9.66 Å². The van der Waals surface area contributed by atoms with Crippen LogP contribution in [0.2, 0.25) is 0 Å². The molecule has 1 aliphatic heterocycles. The van der Waals surface area contributed by atoms with Gasteiger partial charge in [0.1, 0.15) is 17.1 Å². The number of nitrogens with zero attached hydrogens (tertiary/aromatic N) is 3. The van der Waals surface area contributed by atoms with Gasteiger partial charge in [-0.3, -0.25) is 0 Å². The van der Waals surface area contributed by atoms with Crippen molar-refractivity contribution in [2.75, 3.05) is 37.9 Å². The summed E-state index contributed by atoms with van der Waals surface area (Å²) >= 11 is 6.07. The SMILES string of the molecule is CCOc1cccc2c1nc(CCl)n2N1CCOCC1. The van der Waals surface area contributed by atoms with E-state index < -0.39 is 0 Å². The third kappa shape index (κ3) is 2.31. The Morgan fingerprint density at radius 1 is 1.35 bits per heavy atom. The summed E-state index contributed by atoms with van der Waals surface area (Å²) in [4.78, 5) is 4.65. The van der Waals surface area contributed by atoms with E-state index in [9.17, 15) is 0 Å². The topological polar surface area (TPSA) is 39.5 Å². The first-order valence-electron chi connectivity index (χ1n) is 6.87. The third-order valence-corrected chi connectivity index (χ3v) is 3.62. The van der Waals surface area contributed by atoms with Gasteiger partial charge in [-0.15, -0.1) is 11.6 Å². The van der Waals surface area contributed by atoms with Crippen molar-refractivity contribution >= 4 is 22.6 Å². The number of para-hydroxylation sites is 1. The van der Waals surface area contributed by atoms with Crippen LogP contribution in [0.1, 0.15) is 12.7 Å². The Kier molecular flexibility index (Phi) is 3.98. The summed E-state index contributed by atoms with van der Waals surface area (Å²) in [5, 5.41) is 2.23. The lowest BCUT2D eigenvalue weighted by atomic mass is 10.3. The van der Waals surface area contributed by atoms with Crippen LogP contribution in [0.5, 0.6) is 5.75 Å². The molecule has 1 aliphatic rings. The molecule has 0 saturated carbocycles. The Hall–Kier alpha value is -1.46. The molecule has 6 heteroatoms. The zero-order valence-electron chi connectivity index (χ0n) is 11.5. The number of hydrogen-bond acceptors (Lipinski definition) is 4. The maximum absolute atomic E-state index is 6.07. The predicted molar refractivity (Wildman–Crippen MR) is 79.2 cm³/mol. The number of hydrogen-bond donors (Lipinski definition) is 0. The summed E-state index contributed by atoms with van der Waals surface area (Å²) in [5.74, 6) is 2.02. The Morgan fingerprint density at radius 3 is 2.85 bits per heavy atom. The van der Waals surface area contributed by atoms with Gasteiger partial charge in [0, 0.05) is 0 Å². The quantitative estimate of drug-likeness (QED) is 0.810. The molecule has 0 radical (unpaired) electrons. The van der Waals surface area contributed by atoms with Crippen molar-refractivity contribution in [3.63, 3.8) is 0 Å². The van der Waals surface area contributed by atoms with E-state index in [0.717, 1.165) is 48.9 Å². The van der Waals surface area contributed by atoms with Crippen molar-refractivity contribution in [3.05, 3.63) is 24.0 Å². The summed E-state index contributed by atoms with van der Waals surface area (Å²) in [6, 6.07) is 5.99. The van der Waals surface area contributed by atoms with E-state index in [1.165, 1.54) is 0 Å². The first kappa shape index (κ1) is 13.5. The highest BCUT2D eigenvalue weighted by molar-refractivity contribution is 6.16. The largest absolute Gasteiger partial charge is 0.492 e. The molecule has 0 atom stereocenters. The van der Waals surface area contributed by atoms with Gasteiger partial charge in [0.05, 0.1) is 44.3 Å². The fourth-order valence-corrected chi connectivity index (χ4v) is 2.71. The average Bonchev–Trinajstić information content (AvgIpc) is 2.88. The summed E-state index contributed by atoms with van der Waals surface area (Å²) in [6.07, 6.45) is 0. The highest BCUT2D eigenvalue weighted by Gasteiger charge is 2.19. The molecule has 0 bridgehead atoms. The first-order chi connectivity index (χ1) is 9.85. The van der Waals surface area contributed by atoms with Crippen molar-refractivity contribution in [3.8, 4) is 5.75 Å². The van der Waals surface area contributed by atoms with Crippen LogP contribution < -0.4 is 9.75 Å². The van der Waals surface area contributed by atoms with Gasteiger partial charge >= 0.3 is 0 Å². The first-order valence-corrected chi connectivity index (χ1v) is 7.40. The van der Waals surface area contributed by atoms with Crippen LogP contribution in [-0.2, 0) is 10.6 Å². The van der Waals surface area contributed by atoms with Gasteiger partial charge in [0.25, 0.3) is 0 Å². The van der Waals surface area contributed by atoms with Gasteiger partial charge in [-0.2, -0.15) is 0 Å². The second-order valence-electron chi connectivity index (χ2n) is 4.60. The number of rotatable bonds is 4. The van der Waals surface area contributed by atoms with E-state index in [-0.39, 0.29) is 0 Å². The molecule has 1 saturated heterocycles. The molecular formula is C14H18ClN3O2. The smallest absolute Gasteiger partial charge is 0.147 e. The number of aromatic nitrogens is 2. The minimum Gasteiger partial charge on any atom is -0.492 e. The van der Waals surface area contributed by atoms with Gasteiger partial charge in [-0.05, 0) is 19.1 Å². The lowest BCUT2D eigenvalue weighted by molar-refractivity contribution is 0.111. The van der Waals surface area contributed by atoms with Crippen molar-refractivity contribution < 1.29 is 9.47 Å².